The van der Waals surface area contributed by atoms with Crippen LogP contribution in [0.3, 0.4) is 0 Å². The number of quaternary nitrogens is 1. The summed E-state index contributed by atoms with van der Waals surface area (Å²) in [7, 11) is 0. The second kappa shape index (κ2) is 26.1. The Morgan fingerprint density at radius 1 is 0.312 bits per heavy atom. The van der Waals surface area contributed by atoms with Gasteiger partial charge in [0.15, 0.2) is 157 Å². The van der Waals surface area contributed by atoms with Crippen LogP contribution >= 0.6 is 0 Å². The lowest BCUT2D eigenvalue weighted by Crippen LogP contribution is -2.83. The molecule has 0 fully saturated rings. The fraction of sp³-hybridized carbons (Fsp3) is 0.254. The van der Waals surface area contributed by atoms with Gasteiger partial charge >= 0.3 is 0 Å². The smallest absolute Gasteiger partial charge is 0.200 e. The quantitative estimate of drug-likeness (QED) is 0.0390. The molecule has 500 valence electrons. The maximum absolute atomic E-state index is 17.0. The molecule has 0 bridgehead atoms. The first kappa shape index (κ1) is 70.9. The molecule has 34 heteroatoms. The Bertz CT molecular complexity index is 3860. The van der Waals surface area contributed by atoms with Gasteiger partial charge in [0.25, 0.3) is 0 Å². The Labute approximate surface area is 500 Å². The molecule has 0 heterocycles. The molecule has 6 aromatic carbocycles. The number of fused-ring (bicyclic) bond motifs is 4. The van der Waals surface area contributed by atoms with E-state index in [2.05, 4.69) is 26.1 Å². The molecule has 0 amide bonds. The highest BCUT2D eigenvalue weighted by molar-refractivity contribution is 6.88. The molecule has 93 heavy (non-hydrogen) atoms. The first-order valence-corrected chi connectivity index (χ1v) is 26.8. The van der Waals surface area contributed by atoms with E-state index in [4.69, 9.17) is 0 Å². The van der Waals surface area contributed by atoms with Crippen molar-refractivity contribution in [1.29, 1.82) is 0 Å². The van der Waals surface area contributed by atoms with Crippen LogP contribution in [-0.2, 0) is 0 Å². The minimum absolute atomic E-state index is 0.297. The third kappa shape index (κ3) is 10.5. The summed E-state index contributed by atoms with van der Waals surface area (Å²) in [6.45, 7) is 9.41. The van der Waals surface area contributed by atoms with Gasteiger partial charge in [-0.15, -0.1) is 0 Å². The van der Waals surface area contributed by atoms with E-state index in [1.807, 2.05) is 0 Å². The number of halogens is 32. The summed E-state index contributed by atoms with van der Waals surface area (Å²) >= 11 is 0. The predicted octanol–water partition coefficient (Wildman–Crippen LogP) is 20.1. The fourth-order valence-electron chi connectivity index (χ4n) is 12.6. The molecule has 0 aliphatic heterocycles. The minimum Gasteiger partial charge on any atom is -0.346 e. The Balaban J connectivity index is 0.000000283. The normalized spacial score (nSPS) is 18.3. The minimum atomic E-state index is -6.83. The molecule has 4 aliphatic rings. The molecule has 4 aliphatic carbocycles. The molecule has 5 unspecified atom stereocenters. The number of hydrogen-bond acceptors (Lipinski definition) is 0. The van der Waals surface area contributed by atoms with E-state index >= 15 is 87.8 Å². The molecule has 10 rings (SSSR count). The number of allylic oxidation sites excluding steroid dienone is 4. The van der Waals surface area contributed by atoms with Gasteiger partial charge in [0.1, 0.15) is 23.3 Å². The highest BCUT2D eigenvalue weighted by Gasteiger charge is 2.67. The van der Waals surface area contributed by atoms with E-state index in [9.17, 15) is 52.7 Å². The zero-order chi connectivity index (χ0) is 69.7. The van der Waals surface area contributed by atoms with Crippen molar-refractivity contribution < 1.29 is 146 Å². The van der Waals surface area contributed by atoms with Gasteiger partial charge < -0.3 is 5.32 Å². The molecular formula is C59H32BF32N. The van der Waals surface area contributed by atoms with E-state index in [0.717, 1.165) is 5.92 Å². The second-order valence-corrected chi connectivity index (χ2v) is 21.3. The van der Waals surface area contributed by atoms with Crippen molar-refractivity contribution in [3.8, 4) is 11.1 Å². The van der Waals surface area contributed by atoms with E-state index in [1.54, 1.807) is 0 Å². The van der Waals surface area contributed by atoms with Crippen LogP contribution in [0.4, 0.5) is 140 Å². The Kier molecular flexibility index (Phi) is 19.9. The van der Waals surface area contributed by atoms with Gasteiger partial charge in [-0.2, -0.15) is 0 Å². The largest absolute Gasteiger partial charge is 0.346 e. The molecule has 0 saturated carbocycles. The first-order chi connectivity index (χ1) is 43.5. The molecule has 1 nitrogen and oxygen atoms in total. The molecule has 0 spiro atoms. The highest BCUT2D eigenvalue weighted by Crippen LogP contribution is 2.72. The van der Waals surface area contributed by atoms with E-state index in [0.29, 0.717) is 12.1 Å². The SMILES string of the molecule is CCCCC(CC)CC[NH2+]CC.FC1=C(F)C([B-](C2C(F)=C(F)c3c(F)c(F)c(F)c(F)c32)(C2C(F)=C(F)c3c(F)c(F)c(F)c(F)c32)C2C(F)=C(F)c3c(F)c(F)c(F)c(F)c32)c2c(F)c(F)c(F)c(F)c21.Fc1ccc(-c2c(F)c(F)c(F)c(F)c2F)c(F)c1F. The lowest BCUT2D eigenvalue weighted by molar-refractivity contribution is -0.652. The fourth-order valence-corrected chi connectivity index (χ4v) is 12.6. The van der Waals surface area contributed by atoms with Gasteiger partial charge in [-0.1, -0.05) is 62.8 Å². The van der Waals surface area contributed by atoms with Crippen molar-refractivity contribution in [2.75, 3.05) is 13.1 Å². The maximum Gasteiger partial charge on any atom is 0.200 e. The number of rotatable bonds is 13. The summed E-state index contributed by atoms with van der Waals surface area (Å²) in [6, 6.07) is 0.665. The highest BCUT2D eigenvalue weighted by atomic mass is 19.2. The molecular weight excluding hydrogens is 1340 g/mol. The number of nitrogens with two attached hydrogens (primary N) is 1. The summed E-state index contributed by atoms with van der Waals surface area (Å²) in [4.78, 5) is 0. The van der Waals surface area contributed by atoms with Crippen LogP contribution in [0, 0.1) is 146 Å². The van der Waals surface area contributed by atoms with Crippen molar-refractivity contribution in [3.05, 3.63) is 220 Å². The van der Waals surface area contributed by atoms with Crippen molar-refractivity contribution in [2.45, 2.75) is 76.1 Å². The van der Waals surface area contributed by atoms with Gasteiger partial charge in [0.2, 0.25) is 5.82 Å². The number of hydrogen-bond donors (Lipinski definition) is 1. The zero-order valence-corrected chi connectivity index (χ0v) is 46.2. The average Bonchev–Trinajstić information content (AvgIpc) is 1.59. The summed E-state index contributed by atoms with van der Waals surface area (Å²) in [5.74, 6) is -113. The topological polar surface area (TPSA) is 16.6 Å². The maximum atomic E-state index is 17.0. The molecule has 0 saturated heterocycles. The van der Waals surface area contributed by atoms with E-state index < -0.39 is 271 Å². The Morgan fingerprint density at radius 2 is 0.581 bits per heavy atom. The molecule has 6 aromatic rings. The van der Waals surface area contributed by atoms with Crippen LogP contribution in [0.2, 0.25) is 0 Å². The standard InChI is InChI=1S/C36H4BF24.C12H2F8.C11H25N/c38-13-1-5(21(46)33(58)29(13)54)17(42)25(50)9(1)37(10-2-6(18(43)26(10)51)22(47)34(59)30(55)14(2)39,11-3-7(19(44)27(11)52)23(48)35(60)31(56)15(3)40)12-4-8(20(45)28(12)53)24(49)36(61)32(57)16(4)41;13-4-2-1-3(6(14)7(4)15)5-8(16)10(18)12(20)11(19)9(5)17;1-4-7-8-11(5-2)9-10-12-6-3/h9-12H;1-2H;11-12H,4-10H2,1-3H3/q-1;;/p+1. The summed E-state index contributed by atoms with van der Waals surface area (Å²) in [6.07, 6.45) is 0.189. The first-order valence-electron chi connectivity index (χ1n) is 26.8. The summed E-state index contributed by atoms with van der Waals surface area (Å²) in [5, 5.41) is 2.41. The van der Waals surface area contributed by atoms with Gasteiger partial charge in [-0.25, -0.2) is 140 Å². The van der Waals surface area contributed by atoms with Gasteiger partial charge in [0, 0.05) is 5.56 Å². The Morgan fingerprint density at radius 3 is 0.849 bits per heavy atom. The van der Waals surface area contributed by atoms with Gasteiger partial charge in [-0.3, -0.25) is 0 Å². The molecule has 0 radical (unpaired) electrons. The lowest BCUT2D eigenvalue weighted by Gasteiger charge is -2.57. The van der Waals surface area contributed by atoms with E-state index in [-0.39, 0.29) is 0 Å². The van der Waals surface area contributed by atoms with Crippen LogP contribution in [0.15, 0.2) is 35.4 Å². The monoisotopic (exact) mass is 1370 g/mol. The van der Waals surface area contributed by atoms with Crippen LogP contribution in [0.5, 0.6) is 0 Å². The van der Waals surface area contributed by atoms with Crippen LogP contribution in [-0.4, -0.2) is 19.2 Å². The van der Waals surface area contributed by atoms with Crippen LogP contribution < -0.4 is 5.32 Å². The lowest BCUT2D eigenvalue weighted by atomic mass is 9.02. The number of benzene rings is 6. The average molecular weight is 1370 g/mol. The van der Waals surface area contributed by atoms with Crippen LogP contribution in [0.1, 0.15) is 121 Å². The van der Waals surface area contributed by atoms with Crippen molar-refractivity contribution in [3.63, 3.8) is 0 Å². The summed E-state index contributed by atoms with van der Waals surface area (Å²) in [5.41, 5.74) is -24.9. The van der Waals surface area contributed by atoms with Crippen molar-refractivity contribution >= 4 is 29.5 Å². The number of unbranched alkanes of at least 4 members (excludes halogenated alkanes) is 1. The van der Waals surface area contributed by atoms with Crippen molar-refractivity contribution in [2.24, 2.45) is 5.92 Å². The molecule has 2 N–H and O–H groups in total. The molecule has 0 aromatic heterocycles. The third-order valence-corrected chi connectivity index (χ3v) is 16.7. The third-order valence-electron chi connectivity index (χ3n) is 16.7. The van der Waals surface area contributed by atoms with Gasteiger partial charge in [-0.05, 0) is 53.6 Å². The second-order valence-electron chi connectivity index (χ2n) is 21.3. The van der Waals surface area contributed by atoms with Gasteiger partial charge in [0.05, 0.1) is 47.1 Å². The predicted molar refractivity (Wildman–Crippen MR) is 265 cm³/mol. The Hall–Kier alpha value is -7.94. The molecule has 5 atom stereocenters. The zero-order valence-electron chi connectivity index (χ0n) is 46.2. The van der Waals surface area contributed by atoms with E-state index in [1.165, 1.54) is 45.2 Å². The van der Waals surface area contributed by atoms with Crippen molar-refractivity contribution in [1.82, 2.24) is 0 Å². The summed E-state index contributed by atoms with van der Waals surface area (Å²) < 4.78 is 481. The van der Waals surface area contributed by atoms with Crippen LogP contribution in [0.25, 0.3) is 34.4 Å².